The lowest BCUT2D eigenvalue weighted by Crippen LogP contribution is -2.23. The van der Waals surface area contributed by atoms with Crippen molar-refractivity contribution in [2.75, 3.05) is 6.54 Å². The molecule has 3 aromatic rings. The van der Waals surface area contributed by atoms with Crippen LogP contribution in [0, 0.1) is 0 Å². The van der Waals surface area contributed by atoms with E-state index in [1.54, 1.807) is 0 Å². The van der Waals surface area contributed by atoms with Crippen LogP contribution in [-0.4, -0.2) is 26.3 Å². The summed E-state index contributed by atoms with van der Waals surface area (Å²) in [6.45, 7) is 2.66. The van der Waals surface area contributed by atoms with Crippen LogP contribution in [0.2, 0.25) is 0 Å². The standard InChI is InChI=1S/C16H17N5.2ClH/c1-2-4-12(5-3-1)10-21-11-13(8-18-21)16-19-14-6-7-17-9-15(14)20-16;;/h1-5,8,11,17H,6-7,9-10H2,(H,19,20);2*1H. The molecule has 23 heavy (non-hydrogen) atoms. The molecule has 0 amide bonds. The number of nitrogens with one attached hydrogen (secondary N) is 2. The molecule has 3 heterocycles. The number of halogens is 2. The third kappa shape index (κ3) is 3.75. The van der Waals surface area contributed by atoms with Crippen molar-refractivity contribution in [3.63, 3.8) is 0 Å². The molecule has 2 aromatic heterocycles. The number of H-pyrrole nitrogens is 1. The minimum absolute atomic E-state index is 0. The summed E-state index contributed by atoms with van der Waals surface area (Å²) in [4.78, 5) is 8.09. The first kappa shape index (κ1) is 17.5. The molecule has 4 rings (SSSR count). The Balaban J connectivity index is 0.000000960. The van der Waals surface area contributed by atoms with Gasteiger partial charge in [0.15, 0.2) is 0 Å². The number of hydrogen-bond donors (Lipinski definition) is 2. The summed E-state index contributed by atoms with van der Waals surface area (Å²) in [7, 11) is 0. The van der Waals surface area contributed by atoms with Crippen LogP contribution in [0.15, 0.2) is 42.7 Å². The summed E-state index contributed by atoms with van der Waals surface area (Å²) in [6, 6.07) is 10.3. The first-order valence-corrected chi connectivity index (χ1v) is 7.24. The topological polar surface area (TPSA) is 58.5 Å². The number of benzene rings is 1. The van der Waals surface area contributed by atoms with Crippen LogP contribution in [0.4, 0.5) is 0 Å². The molecule has 0 aliphatic carbocycles. The Hall–Kier alpha value is -1.82. The predicted octanol–water partition coefficient (Wildman–Crippen LogP) is 2.81. The van der Waals surface area contributed by atoms with Crippen LogP contribution in [0.5, 0.6) is 0 Å². The van der Waals surface area contributed by atoms with Gasteiger partial charge in [0.25, 0.3) is 0 Å². The lowest BCUT2D eigenvalue weighted by atomic mass is 10.2. The molecule has 0 saturated carbocycles. The highest BCUT2D eigenvalue weighted by Gasteiger charge is 2.15. The van der Waals surface area contributed by atoms with Gasteiger partial charge in [0.05, 0.1) is 29.7 Å². The van der Waals surface area contributed by atoms with E-state index in [4.69, 9.17) is 4.98 Å². The largest absolute Gasteiger partial charge is 0.340 e. The summed E-state index contributed by atoms with van der Waals surface area (Å²) < 4.78 is 1.95. The molecule has 0 radical (unpaired) electrons. The van der Waals surface area contributed by atoms with Crippen molar-refractivity contribution in [3.8, 4) is 11.4 Å². The van der Waals surface area contributed by atoms with Crippen LogP contribution in [0.3, 0.4) is 0 Å². The third-order valence-electron chi connectivity index (χ3n) is 3.80. The average Bonchev–Trinajstić information content (AvgIpc) is 3.14. The van der Waals surface area contributed by atoms with Gasteiger partial charge in [-0.2, -0.15) is 5.10 Å². The number of imidazole rings is 1. The lowest BCUT2D eigenvalue weighted by molar-refractivity contribution is 0.627. The maximum Gasteiger partial charge on any atom is 0.141 e. The zero-order chi connectivity index (χ0) is 14.1. The first-order valence-electron chi connectivity index (χ1n) is 7.24. The first-order chi connectivity index (χ1) is 10.4. The smallest absolute Gasteiger partial charge is 0.141 e. The van der Waals surface area contributed by atoms with Gasteiger partial charge < -0.3 is 10.3 Å². The monoisotopic (exact) mass is 351 g/mol. The molecule has 0 atom stereocenters. The van der Waals surface area contributed by atoms with Gasteiger partial charge in [-0.3, -0.25) is 4.68 Å². The van der Waals surface area contributed by atoms with Gasteiger partial charge in [0, 0.05) is 25.7 Å². The second-order valence-corrected chi connectivity index (χ2v) is 5.35. The van der Waals surface area contributed by atoms with Crippen LogP contribution in [0.25, 0.3) is 11.4 Å². The summed E-state index contributed by atoms with van der Waals surface area (Å²) in [5.41, 5.74) is 4.67. The van der Waals surface area contributed by atoms with Crippen molar-refractivity contribution in [1.82, 2.24) is 25.1 Å². The second kappa shape index (κ2) is 7.64. The van der Waals surface area contributed by atoms with Crippen molar-refractivity contribution in [1.29, 1.82) is 0 Å². The fourth-order valence-electron chi connectivity index (χ4n) is 2.70. The molecule has 1 aliphatic rings. The maximum atomic E-state index is 4.69. The molecule has 0 spiro atoms. The highest BCUT2D eigenvalue weighted by atomic mass is 35.5. The van der Waals surface area contributed by atoms with Crippen molar-refractivity contribution in [3.05, 3.63) is 59.7 Å². The maximum absolute atomic E-state index is 4.69. The van der Waals surface area contributed by atoms with Gasteiger partial charge >= 0.3 is 0 Å². The van der Waals surface area contributed by atoms with Crippen LogP contribution in [0.1, 0.15) is 17.0 Å². The highest BCUT2D eigenvalue weighted by molar-refractivity contribution is 5.85. The highest BCUT2D eigenvalue weighted by Crippen LogP contribution is 2.20. The van der Waals surface area contributed by atoms with E-state index in [0.29, 0.717) is 0 Å². The van der Waals surface area contributed by atoms with Crippen LogP contribution >= 0.6 is 24.8 Å². The fourth-order valence-corrected chi connectivity index (χ4v) is 2.70. The van der Waals surface area contributed by atoms with E-state index in [0.717, 1.165) is 37.4 Å². The van der Waals surface area contributed by atoms with Gasteiger partial charge in [0.1, 0.15) is 5.82 Å². The van der Waals surface area contributed by atoms with E-state index >= 15 is 0 Å². The summed E-state index contributed by atoms with van der Waals surface area (Å²) in [6.07, 6.45) is 4.91. The molecular formula is C16H19Cl2N5. The summed E-state index contributed by atoms with van der Waals surface area (Å²) in [5.74, 6) is 0.919. The summed E-state index contributed by atoms with van der Waals surface area (Å²) in [5, 5.41) is 7.79. The normalized spacial score (nSPS) is 12.9. The van der Waals surface area contributed by atoms with Crippen molar-refractivity contribution in [2.45, 2.75) is 19.5 Å². The molecule has 1 aromatic carbocycles. The number of fused-ring (bicyclic) bond motifs is 1. The number of aromatic amines is 1. The molecule has 7 heteroatoms. The molecule has 0 fully saturated rings. The van der Waals surface area contributed by atoms with E-state index in [-0.39, 0.29) is 24.8 Å². The second-order valence-electron chi connectivity index (χ2n) is 5.35. The van der Waals surface area contributed by atoms with Crippen LogP contribution < -0.4 is 5.32 Å². The number of nitrogens with zero attached hydrogens (tertiary/aromatic N) is 3. The summed E-state index contributed by atoms with van der Waals surface area (Å²) >= 11 is 0. The Morgan fingerprint density at radius 1 is 1.13 bits per heavy atom. The van der Waals surface area contributed by atoms with E-state index in [2.05, 4.69) is 27.5 Å². The number of aromatic nitrogens is 4. The van der Waals surface area contributed by atoms with Gasteiger partial charge in [-0.1, -0.05) is 30.3 Å². The Labute approximate surface area is 147 Å². The van der Waals surface area contributed by atoms with Crippen molar-refractivity contribution < 1.29 is 0 Å². The zero-order valence-electron chi connectivity index (χ0n) is 12.5. The molecular weight excluding hydrogens is 333 g/mol. The minimum Gasteiger partial charge on any atom is -0.340 e. The van der Waals surface area contributed by atoms with E-state index in [1.165, 1.54) is 17.0 Å². The van der Waals surface area contributed by atoms with E-state index < -0.39 is 0 Å². The predicted molar refractivity (Wildman–Crippen MR) is 95.3 cm³/mol. The molecule has 0 unspecified atom stereocenters. The van der Waals surface area contributed by atoms with Crippen molar-refractivity contribution >= 4 is 24.8 Å². The Bertz CT molecular complexity index is 727. The molecule has 0 bridgehead atoms. The molecule has 122 valence electrons. The Morgan fingerprint density at radius 3 is 2.74 bits per heavy atom. The SMILES string of the molecule is Cl.Cl.c1ccc(Cn2cc(-c3nc4c([nH]3)CNCC4)cn2)cc1. The van der Waals surface area contributed by atoms with Crippen molar-refractivity contribution in [2.24, 2.45) is 0 Å². The van der Waals surface area contributed by atoms with Gasteiger partial charge in [0.2, 0.25) is 0 Å². The Kier molecular flexibility index (Phi) is 5.82. The molecule has 1 aliphatic heterocycles. The van der Waals surface area contributed by atoms with Gasteiger partial charge in [-0.05, 0) is 5.56 Å². The lowest BCUT2D eigenvalue weighted by Gasteiger charge is -2.09. The Morgan fingerprint density at radius 2 is 1.96 bits per heavy atom. The molecule has 2 N–H and O–H groups in total. The molecule has 5 nitrogen and oxygen atoms in total. The fraction of sp³-hybridized carbons (Fsp3) is 0.250. The number of hydrogen-bond acceptors (Lipinski definition) is 3. The average molecular weight is 352 g/mol. The van der Waals surface area contributed by atoms with Gasteiger partial charge in [-0.25, -0.2) is 4.98 Å². The van der Waals surface area contributed by atoms with E-state index in [9.17, 15) is 0 Å². The zero-order valence-corrected chi connectivity index (χ0v) is 14.2. The number of rotatable bonds is 3. The van der Waals surface area contributed by atoms with Crippen LogP contribution in [-0.2, 0) is 19.5 Å². The minimum atomic E-state index is 0. The van der Waals surface area contributed by atoms with Gasteiger partial charge in [-0.15, -0.1) is 24.8 Å². The third-order valence-corrected chi connectivity index (χ3v) is 3.80. The quantitative estimate of drug-likeness (QED) is 0.762. The van der Waals surface area contributed by atoms with E-state index in [1.807, 2.05) is 35.3 Å². The molecule has 0 saturated heterocycles.